The van der Waals surface area contributed by atoms with Crippen LogP contribution >= 0.6 is 0 Å². The van der Waals surface area contributed by atoms with Gasteiger partial charge in [-0.15, -0.1) is 0 Å². The van der Waals surface area contributed by atoms with Gasteiger partial charge in [0.2, 0.25) is 5.91 Å². The maximum Gasteiger partial charge on any atom is 0.258 e. The molecule has 4 bridgehead atoms. The number of hydrogen-bond donors (Lipinski definition) is 3. The van der Waals surface area contributed by atoms with E-state index in [-0.39, 0.29) is 36.5 Å². The molecule has 1 saturated carbocycles. The zero-order valence-corrected chi connectivity index (χ0v) is 21.5. The highest BCUT2D eigenvalue weighted by molar-refractivity contribution is 5.95. The zero-order chi connectivity index (χ0) is 26.5. The molecule has 38 heavy (non-hydrogen) atoms. The Hall–Kier alpha value is -3.79. The minimum Gasteiger partial charge on any atom is -0.493 e. The number of carbonyl (C=O) groups is 3. The third-order valence-corrected chi connectivity index (χ3v) is 6.99. The van der Waals surface area contributed by atoms with Crippen LogP contribution in [0.4, 0.5) is 0 Å². The number of benzene rings is 2. The summed E-state index contributed by atoms with van der Waals surface area (Å²) in [6, 6.07) is 12.2. The molecular weight excluding hydrogens is 488 g/mol. The van der Waals surface area contributed by atoms with Gasteiger partial charge in [-0.2, -0.15) is 0 Å². The minimum atomic E-state index is -0.310. The molecule has 2 aromatic rings. The fraction of sp³-hybridized carbons (Fsp3) is 0.464. The van der Waals surface area contributed by atoms with Gasteiger partial charge in [0.15, 0.2) is 6.61 Å². The van der Waals surface area contributed by atoms with Gasteiger partial charge >= 0.3 is 0 Å². The molecule has 0 spiro atoms. The molecule has 6 rings (SSSR count). The van der Waals surface area contributed by atoms with Crippen molar-refractivity contribution in [2.24, 2.45) is 5.92 Å². The van der Waals surface area contributed by atoms with Crippen molar-refractivity contribution in [1.82, 2.24) is 20.9 Å². The summed E-state index contributed by atoms with van der Waals surface area (Å²) in [7, 11) is 1.62. The van der Waals surface area contributed by atoms with E-state index >= 15 is 0 Å². The second-order valence-corrected chi connectivity index (χ2v) is 10.1. The van der Waals surface area contributed by atoms with Crippen LogP contribution in [0.5, 0.6) is 17.2 Å². The number of nitrogens with one attached hydrogen (secondary N) is 3. The summed E-state index contributed by atoms with van der Waals surface area (Å²) in [6.07, 6.45) is 2.34. The first-order valence-corrected chi connectivity index (χ1v) is 13.1. The number of carbonyl (C=O) groups excluding carboxylic acids is 3. The molecule has 10 nitrogen and oxygen atoms in total. The third-order valence-electron chi connectivity index (χ3n) is 6.99. The Morgan fingerprint density at radius 1 is 1.11 bits per heavy atom. The molecule has 4 aliphatic rings. The van der Waals surface area contributed by atoms with E-state index in [1.807, 2.05) is 24.3 Å². The zero-order valence-electron chi connectivity index (χ0n) is 21.5. The highest BCUT2D eigenvalue weighted by Gasteiger charge is 2.36. The molecule has 202 valence electrons. The van der Waals surface area contributed by atoms with Crippen LogP contribution in [-0.2, 0) is 16.1 Å². The van der Waals surface area contributed by atoms with Crippen LogP contribution in [0.3, 0.4) is 0 Å². The predicted octanol–water partition coefficient (Wildman–Crippen LogP) is 1.48. The van der Waals surface area contributed by atoms with Gasteiger partial charge in [-0.3, -0.25) is 19.3 Å². The van der Waals surface area contributed by atoms with Crippen LogP contribution < -0.4 is 30.2 Å². The van der Waals surface area contributed by atoms with Crippen molar-refractivity contribution in [3.05, 3.63) is 53.6 Å². The van der Waals surface area contributed by atoms with E-state index in [0.29, 0.717) is 67.9 Å². The minimum absolute atomic E-state index is 0.0328. The number of ether oxygens (including phenoxy) is 3. The maximum absolute atomic E-state index is 13.4. The van der Waals surface area contributed by atoms with E-state index in [1.54, 1.807) is 25.2 Å². The molecule has 2 fully saturated rings. The van der Waals surface area contributed by atoms with Crippen molar-refractivity contribution >= 4 is 17.7 Å². The van der Waals surface area contributed by atoms with Gasteiger partial charge in [0.25, 0.3) is 11.8 Å². The first-order valence-electron chi connectivity index (χ1n) is 13.1. The summed E-state index contributed by atoms with van der Waals surface area (Å²) >= 11 is 0. The van der Waals surface area contributed by atoms with Crippen LogP contribution in [0.1, 0.15) is 35.2 Å². The largest absolute Gasteiger partial charge is 0.493 e. The first kappa shape index (κ1) is 25.8. The summed E-state index contributed by atoms with van der Waals surface area (Å²) in [4.78, 5) is 39.7. The van der Waals surface area contributed by atoms with Gasteiger partial charge < -0.3 is 30.2 Å². The molecule has 2 aromatic carbocycles. The van der Waals surface area contributed by atoms with Crippen LogP contribution in [0.25, 0.3) is 0 Å². The molecular formula is C28H34N4O6. The van der Waals surface area contributed by atoms with Gasteiger partial charge in [0.05, 0.1) is 12.6 Å². The van der Waals surface area contributed by atoms with Crippen LogP contribution in [0, 0.1) is 5.92 Å². The Labute approximate surface area is 222 Å². The molecule has 0 unspecified atom stereocenters. The lowest BCUT2D eigenvalue weighted by Gasteiger charge is -2.22. The van der Waals surface area contributed by atoms with E-state index < -0.39 is 0 Å². The van der Waals surface area contributed by atoms with Crippen LogP contribution in [-0.4, -0.2) is 74.7 Å². The second-order valence-electron chi connectivity index (χ2n) is 10.1. The lowest BCUT2D eigenvalue weighted by molar-refractivity contribution is -0.123. The molecule has 10 heteroatoms. The first-order chi connectivity index (χ1) is 18.4. The topological polar surface area (TPSA) is 118 Å². The second kappa shape index (κ2) is 11.7. The quantitative estimate of drug-likeness (QED) is 0.526. The molecule has 3 aliphatic heterocycles. The van der Waals surface area contributed by atoms with Gasteiger partial charge in [0, 0.05) is 51.3 Å². The Kier molecular flexibility index (Phi) is 7.97. The van der Waals surface area contributed by atoms with Crippen molar-refractivity contribution in [2.75, 3.05) is 39.9 Å². The lowest BCUT2D eigenvalue weighted by atomic mass is 10.1. The van der Waals surface area contributed by atoms with E-state index in [2.05, 4.69) is 20.9 Å². The Bertz CT molecular complexity index is 1170. The Morgan fingerprint density at radius 2 is 1.92 bits per heavy atom. The van der Waals surface area contributed by atoms with Gasteiger partial charge in [-0.1, -0.05) is 12.1 Å². The highest BCUT2D eigenvalue weighted by Crippen LogP contribution is 2.31. The molecule has 0 radical (unpaired) electrons. The highest BCUT2D eigenvalue weighted by atomic mass is 16.5. The smallest absolute Gasteiger partial charge is 0.258 e. The Balaban J connectivity index is 1.39. The summed E-state index contributed by atoms with van der Waals surface area (Å²) in [5.41, 5.74) is 1.31. The summed E-state index contributed by atoms with van der Waals surface area (Å²) < 4.78 is 18.0. The fourth-order valence-electron chi connectivity index (χ4n) is 4.56. The van der Waals surface area contributed by atoms with Crippen molar-refractivity contribution in [1.29, 1.82) is 0 Å². The maximum atomic E-state index is 13.4. The number of amides is 3. The third kappa shape index (κ3) is 6.95. The lowest BCUT2D eigenvalue weighted by Crippen LogP contribution is -2.45. The number of likely N-dealkylation sites (tertiary alicyclic amines) is 1. The molecule has 3 amide bonds. The van der Waals surface area contributed by atoms with E-state index in [1.165, 1.54) is 0 Å². The number of hydrogen-bond acceptors (Lipinski definition) is 7. The predicted molar refractivity (Wildman–Crippen MR) is 139 cm³/mol. The molecule has 2 atom stereocenters. The fourth-order valence-corrected chi connectivity index (χ4v) is 4.56. The van der Waals surface area contributed by atoms with Crippen molar-refractivity contribution in [2.45, 2.75) is 38.0 Å². The monoisotopic (exact) mass is 522 g/mol. The number of nitrogens with zero attached hydrogens (tertiary/aromatic N) is 1. The standard InChI is InChI=1S/C28H34N4O6/c1-29-26(33)8-9-32-14-24-25(15-32)38-21-6-4-18(5-7-21)13-30-27(34)17-37-23-11-20(28(35)31-24)10-22(12-23)36-16-19-2-3-19/h4-7,10-12,19,24-25H,2-3,8-9,13-17H2,1H3,(H,29,33)(H,30,34)(H,31,35)/t24-,25-/m0/s1. The molecule has 1 aliphatic carbocycles. The molecule has 3 heterocycles. The molecule has 3 N–H and O–H groups in total. The van der Waals surface area contributed by atoms with E-state index in [4.69, 9.17) is 14.2 Å². The summed E-state index contributed by atoms with van der Waals surface area (Å²) in [5.74, 6) is 1.54. The van der Waals surface area contributed by atoms with E-state index in [0.717, 1.165) is 18.4 Å². The van der Waals surface area contributed by atoms with Crippen molar-refractivity contribution in [3.63, 3.8) is 0 Å². The summed E-state index contributed by atoms with van der Waals surface area (Å²) in [6.45, 7) is 2.44. The van der Waals surface area contributed by atoms with Crippen LogP contribution in [0.15, 0.2) is 42.5 Å². The average molecular weight is 523 g/mol. The Morgan fingerprint density at radius 3 is 2.68 bits per heavy atom. The summed E-state index contributed by atoms with van der Waals surface area (Å²) in [5, 5.41) is 8.62. The SMILES string of the molecule is CNC(=O)CCN1C[C@@H]2NC(=O)c3cc(cc(OCC4CC4)c3)OCC(=O)NCc3ccc(cc3)O[C@H]2C1. The van der Waals surface area contributed by atoms with Gasteiger partial charge in [-0.05, 0) is 48.6 Å². The van der Waals surface area contributed by atoms with Crippen LogP contribution in [0.2, 0.25) is 0 Å². The molecule has 1 saturated heterocycles. The van der Waals surface area contributed by atoms with Gasteiger partial charge in [-0.25, -0.2) is 0 Å². The van der Waals surface area contributed by atoms with Gasteiger partial charge in [0.1, 0.15) is 23.4 Å². The van der Waals surface area contributed by atoms with E-state index in [9.17, 15) is 14.4 Å². The molecule has 0 aromatic heterocycles. The number of fused-ring (bicyclic) bond motifs is 7. The average Bonchev–Trinajstić information content (AvgIpc) is 3.69. The van der Waals surface area contributed by atoms with Crippen molar-refractivity contribution in [3.8, 4) is 17.2 Å². The van der Waals surface area contributed by atoms with Crippen molar-refractivity contribution < 1.29 is 28.6 Å². The number of rotatable bonds is 6. The normalized spacial score (nSPS) is 21.8.